The molecule has 0 fully saturated rings. The average molecular weight is 660 g/mol. The quantitative estimate of drug-likeness (QED) is 0.129. The maximum atomic E-state index is 13.6. The first kappa shape index (κ1) is 38.1. The lowest BCUT2D eigenvalue weighted by Crippen LogP contribution is -2.30. The van der Waals surface area contributed by atoms with Crippen molar-refractivity contribution in [3.8, 4) is 28.4 Å². The summed E-state index contributed by atoms with van der Waals surface area (Å²) >= 11 is 0. The number of imidazole rings is 1. The first-order valence-corrected chi connectivity index (χ1v) is 16.7. The Balaban J connectivity index is 1.52. The third-order valence-electron chi connectivity index (χ3n) is 8.19. The van der Waals surface area contributed by atoms with Crippen LogP contribution in [0.5, 0.6) is 5.75 Å². The van der Waals surface area contributed by atoms with Crippen molar-refractivity contribution in [2.75, 3.05) is 13.2 Å². The average Bonchev–Trinajstić information content (AvgIpc) is 3.42. The molecular formula is C37H52F3N3O4. The lowest BCUT2D eigenvalue weighted by molar-refractivity contribution is -0.148. The van der Waals surface area contributed by atoms with E-state index in [1.807, 2.05) is 6.92 Å². The third kappa shape index (κ3) is 12.6. The number of aliphatic carboxylic acids is 1. The van der Waals surface area contributed by atoms with Gasteiger partial charge in [-0.15, -0.1) is 0 Å². The van der Waals surface area contributed by atoms with Crippen LogP contribution in [0.1, 0.15) is 110 Å². The predicted octanol–water partition coefficient (Wildman–Crippen LogP) is 10.4. The van der Waals surface area contributed by atoms with Gasteiger partial charge in [-0.1, -0.05) is 72.1 Å². The normalized spacial score (nSPS) is 12.4. The summed E-state index contributed by atoms with van der Waals surface area (Å²) in [5.41, 5.74) is 1.04. The molecule has 3 rings (SSSR count). The summed E-state index contributed by atoms with van der Waals surface area (Å²) in [6.45, 7) is 12.3. The number of carboxylic acids is 1. The molecule has 0 aliphatic rings. The van der Waals surface area contributed by atoms with Crippen molar-refractivity contribution in [3.63, 3.8) is 0 Å². The number of unbranched alkanes of at least 4 members (excludes halogenated alkanes) is 8. The van der Waals surface area contributed by atoms with Crippen LogP contribution in [-0.2, 0) is 22.4 Å². The number of carboxylic acid groups (broad SMARTS) is 1. The van der Waals surface area contributed by atoms with Gasteiger partial charge >= 0.3 is 12.1 Å². The van der Waals surface area contributed by atoms with Crippen molar-refractivity contribution in [1.82, 2.24) is 14.5 Å². The van der Waals surface area contributed by atoms with E-state index in [9.17, 15) is 23.1 Å². The molecule has 1 aromatic carbocycles. The van der Waals surface area contributed by atoms with Gasteiger partial charge in [0.25, 0.3) is 0 Å². The van der Waals surface area contributed by atoms with E-state index in [0.717, 1.165) is 31.0 Å². The summed E-state index contributed by atoms with van der Waals surface area (Å²) in [4.78, 5) is 19.8. The molecule has 260 valence electrons. The minimum atomic E-state index is -4.59. The van der Waals surface area contributed by atoms with Gasteiger partial charge in [0, 0.05) is 30.1 Å². The second-order valence-corrected chi connectivity index (χ2v) is 14.3. The van der Waals surface area contributed by atoms with Crippen molar-refractivity contribution in [3.05, 3.63) is 54.0 Å². The van der Waals surface area contributed by atoms with Gasteiger partial charge in [0.15, 0.2) is 5.69 Å². The zero-order valence-corrected chi connectivity index (χ0v) is 28.9. The van der Waals surface area contributed by atoms with E-state index in [-0.39, 0.29) is 19.2 Å². The molecule has 0 amide bonds. The fourth-order valence-electron chi connectivity index (χ4n) is 5.12. The molecule has 0 aliphatic heterocycles. The minimum absolute atomic E-state index is 0.0162. The van der Waals surface area contributed by atoms with Crippen LogP contribution >= 0.6 is 0 Å². The maximum Gasteiger partial charge on any atom is 0.434 e. The van der Waals surface area contributed by atoms with Crippen LogP contribution in [0.4, 0.5) is 13.2 Å². The number of halogens is 3. The first-order chi connectivity index (χ1) is 22.1. The number of nitrogens with zero attached hydrogens (tertiary/aromatic N) is 3. The number of hydrogen-bond donors (Lipinski definition) is 1. The number of ether oxygens (including phenoxy) is 2. The van der Waals surface area contributed by atoms with Crippen LogP contribution in [0, 0.1) is 17.8 Å². The van der Waals surface area contributed by atoms with Gasteiger partial charge in [0.2, 0.25) is 0 Å². The van der Waals surface area contributed by atoms with Gasteiger partial charge in [0.05, 0.1) is 11.1 Å². The van der Waals surface area contributed by atoms with Crippen LogP contribution in [-0.4, -0.2) is 38.8 Å². The Hall–Kier alpha value is -3.40. The van der Waals surface area contributed by atoms with Crippen molar-refractivity contribution in [1.29, 1.82) is 0 Å². The Morgan fingerprint density at radius 3 is 2.04 bits per heavy atom. The number of pyridine rings is 1. The third-order valence-corrected chi connectivity index (χ3v) is 8.19. The summed E-state index contributed by atoms with van der Waals surface area (Å²) in [5, 5.41) is 9.28. The Morgan fingerprint density at radius 1 is 0.894 bits per heavy atom. The zero-order chi connectivity index (χ0) is 34.7. The number of hydrogen-bond acceptors (Lipinski definition) is 5. The van der Waals surface area contributed by atoms with Gasteiger partial charge in [-0.2, -0.15) is 13.2 Å². The molecule has 0 radical (unpaired) electrons. The molecule has 0 aliphatic carbocycles. The Morgan fingerprint density at radius 2 is 1.49 bits per heavy atom. The lowest BCUT2D eigenvalue weighted by Gasteiger charge is -2.19. The smallest absolute Gasteiger partial charge is 0.434 e. The van der Waals surface area contributed by atoms with Gasteiger partial charge in [-0.25, -0.2) is 4.98 Å². The van der Waals surface area contributed by atoms with Crippen LogP contribution in [0.3, 0.4) is 0 Å². The van der Waals surface area contributed by atoms with E-state index < -0.39 is 23.3 Å². The molecule has 0 spiro atoms. The van der Waals surface area contributed by atoms with E-state index in [4.69, 9.17) is 9.47 Å². The molecule has 2 aromatic heterocycles. The molecular weight excluding hydrogens is 607 g/mol. The zero-order valence-electron chi connectivity index (χ0n) is 28.9. The summed E-state index contributed by atoms with van der Waals surface area (Å²) < 4.78 is 53.7. The maximum absolute atomic E-state index is 13.6. The Bertz CT molecular complexity index is 1410. The SMILES string of the molecule is Cc1cc(-c2ccc(OCC(C)(C)C(=O)O)cc2)ncc1-c1nc(C(F)(F)F)cn1COCCCCCCCCCCCC(C)(C)C. The summed E-state index contributed by atoms with van der Waals surface area (Å²) in [5.74, 6) is -0.269. The fourth-order valence-corrected chi connectivity index (χ4v) is 5.12. The molecule has 0 saturated carbocycles. The van der Waals surface area contributed by atoms with Crippen molar-refractivity contribution in [2.45, 2.75) is 119 Å². The predicted molar refractivity (Wildman–Crippen MR) is 179 cm³/mol. The molecule has 0 saturated heterocycles. The van der Waals surface area contributed by atoms with Crippen LogP contribution in [0.2, 0.25) is 0 Å². The standard InChI is InChI=1S/C37H52F3N3O4/c1-27-22-31(28-16-18-29(19-17-28)47-25-36(5,6)34(44)45)41-23-30(27)33-42-32(37(38,39)40)24-43(33)26-46-21-15-13-11-9-7-8-10-12-14-20-35(2,3)4/h16-19,22-24H,7-15,20-21,25-26H2,1-6H3,(H,44,45). The Labute approximate surface area is 277 Å². The molecule has 0 atom stereocenters. The van der Waals surface area contributed by atoms with Crippen LogP contribution < -0.4 is 4.74 Å². The van der Waals surface area contributed by atoms with Gasteiger partial charge in [-0.05, 0) is 74.9 Å². The molecule has 2 heterocycles. The molecule has 0 bridgehead atoms. The lowest BCUT2D eigenvalue weighted by atomic mass is 9.89. The molecule has 0 unspecified atom stereocenters. The van der Waals surface area contributed by atoms with Gasteiger partial charge in [0.1, 0.15) is 24.9 Å². The number of benzene rings is 1. The van der Waals surface area contributed by atoms with E-state index in [1.54, 1.807) is 44.2 Å². The van der Waals surface area contributed by atoms with Gasteiger partial charge < -0.3 is 19.1 Å². The number of rotatable bonds is 19. The number of alkyl halides is 3. The monoisotopic (exact) mass is 659 g/mol. The Kier molecular flexibility index (Phi) is 13.9. The highest BCUT2D eigenvalue weighted by molar-refractivity contribution is 5.73. The largest absolute Gasteiger partial charge is 0.492 e. The van der Waals surface area contributed by atoms with E-state index in [1.165, 1.54) is 55.7 Å². The summed E-state index contributed by atoms with van der Waals surface area (Å²) in [6.07, 6.45) is 9.87. The second-order valence-electron chi connectivity index (χ2n) is 14.3. The highest BCUT2D eigenvalue weighted by atomic mass is 19.4. The molecule has 7 nitrogen and oxygen atoms in total. The van der Waals surface area contributed by atoms with Crippen molar-refractivity contribution in [2.24, 2.45) is 10.8 Å². The molecule has 47 heavy (non-hydrogen) atoms. The number of aryl methyl sites for hydroxylation is 1. The van der Waals surface area contributed by atoms with Crippen LogP contribution in [0.15, 0.2) is 42.7 Å². The molecule has 10 heteroatoms. The van der Waals surface area contributed by atoms with Crippen molar-refractivity contribution < 1.29 is 32.5 Å². The van der Waals surface area contributed by atoms with Crippen molar-refractivity contribution >= 4 is 5.97 Å². The highest BCUT2D eigenvalue weighted by Gasteiger charge is 2.35. The van der Waals surface area contributed by atoms with Gasteiger partial charge in [-0.3, -0.25) is 9.78 Å². The van der Waals surface area contributed by atoms with E-state index in [2.05, 4.69) is 30.7 Å². The van der Waals surface area contributed by atoms with E-state index >= 15 is 0 Å². The molecule has 3 aromatic rings. The summed E-state index contributed by atoms with van der Waals surface area (Å²) in [6, 6.07) is 8.87. The van der Waals surface area contributed by atoms with Crippen LogP contribution in [0.25, 0.3) is 22.6 Å². The number of carbonyl (C=O) groups is 1. The second kappa shape index (κ2) is 17.1. The van der Waals surface area contributed by atoms with E-state index in [0.29, 0.717) is 34.6 Å². The fraction of sp³-hybridized carbons (Fsp3) is 0.595. The molecule has 1 N–H and O–H groups in total. The highest BCUT2D eigenvalue weighted by Crippen LogP contribution is 2.33. The topological polar surface area (TPSA) is 86.5 Å². The summed E-state index contributed by atoms with van der Waals surface area (Å²) in [7, 11) is 0. The number of aromatic nitrogens is 3. The first-order valence-electron chi connectivity index (χ1n) is 16.7. The minimum Gasteiger partial charge on any atom is -0.492 e.